The molecule has 1 saturated carbocycles. The van der Waals surface area contributed by atoms with Crippen LogP contribution in [0.5, 0.6) is 0 Å². The van der Waals surface area contributed by atoms with Crippen molar-refractivity contribution in [3.8, 4) is 0 Å². The van der Waals surface area contributed by atoms with Gasteiger partial charge in [0, 0.05) is 17.9 Å². The minimum absolute atomic E-state index is 0.338. The van der Waals surface area contributed by atoms with Crippen molar-refractivity contribution < 1.29 is 0 Å². The average molecular weight is 193 g/mol. The van der Waals surface area contributed by atoms with Gasteiger partial charge in [-0.05, 0) is 19.8 Å². The lowest BCUT2D eigenvalue weighted by Gasteiger charge is -2.34. The van der Waals surface area contributed by atoms with Crippen LogP contribution in [0.25, 0.3) is 0 Å². The molecule has 1 aromatic heterocycles. The maximum absolute atomic E-state index is 4.21. The summed E-state index contributed by atoms with van der Waals surface area (Å²) >= 11 is 0. The minimum atomic E-state index is 0.338. The summed E-state index contributed by atoms with van der Waals surface area (Å²) in [7, 11) is 0. The highest BCUT2D eigenvalue weighted by Gasteiger charge is 2.25. The molecule has 0 bridgehead atoms. The molecule has 1 aliphatic carbocycles. The molecule has 0 saturated heterocycles. The Balaban J connectivity index is 1.84. The van der Waals surface area contributed by atoms with Gasteiger partial charge in [0.05, 0.1) is 6.54 Å². The lowest BCUT2D eigenvalue weighted by molar-refractivity contribution is 0.250. The maximum Gasteiger partial charge on any atom is 0.120 e. The number of hydrogen-bond acceptors (Lipinski definition) is 2. The van der Waals surface area contributed by atoms with E-state index in [0.29, 0.717) is 5.54 Å². The summed E-state index contributed by atoms with van der Waals surface area (Å²) in [4.78, 5) is 7.33. The molecule has 2 N–H and O–H groups in total. The Hall–Kier alpha value is -0.830. The summed E-state index contributed by atoms with van der Waals surface area (Å²) in [6, 6.07) is 0. The molecule has 0 spiro atoms. The third-order valence-electron chi connectivity index (χ3n) is 3.19. The Labute approximate surface area is 85.3 Å². The zero-order chi connectivity index (χ0) is 9.86. The third-order valence-corrected chi connectivity index (χ3v) is 3.19. The van der Waals surface area contributed by atoms with Crippen LogP contribution in [0.3, 0.4) is 0 Å². The minimum Gasteiger partial charge on any atom is -0.348 e. The van der Waals surface area contributed by atoms with Gasteiger partial charge in [-0.15, -0.1) is 0 Å². The molecular weight excluding hydrogens is 174 g/mol. The zero-order valence-electron chi connectivity index (χ0n) is 8.84. The second kappa shape index (κ2) is 4.13. The topological polar surface area (TPSA) is 40.7 Å². The molecule has 0 atom stereocenters. The monoisotopic (exact) mass is 193 g/mol. The van der Waals surface area contributed by atoms with Crippen LogP contribution in [0.1, 0.15) is 44.9 Å². The fourth-order valence-corrected chi connectivity index (χ4v) is 2.20. The van der Waals surface area contributed by atoms with Gasteiger partial charge in [0.1, 0.15) is 5.82 Å². The Morgan fingerprint density at radius 2 is 2.21 bits per heavy atom. The molecule has 0 aromatic carbocycles. The number of aromatic amines is 1. The van der Waals surface area contributed by atoms with Crippen LogP contribution in [0.2, 0.25) is 0 Å². The van der Waals surface area contributed by atoms with Gasteiger partial charge < -0.3 is 10.3 Å². The largest absolute Gasteiger partial charge is 0.348 e. The molecule has 1 fully saturated rings. The van der Waals surface area contributed by atoms with Crippen molar-refractivity contribution in [3.63, 3.8) is 0 Å². The average Bonchev–Trinajstić information content (AvgIpc) is 2.69. The summed E-state index contributed by atoms with van der Waals surface area (Å²) in [6.45, 7) is 3.19. The lowest BCUT2D eigenvalue weighted by Crippen LogP contribution is -2.43. The molecule has 2 rings (SSSR count). The van der Waals surface area contributed by atoms with E-state index in [1.165, 1.54) is 32.1 Å². The summed E-state index contributed by atoms with van der Waals surface area (Å²) in [6.07, 6.45) is 10.4. The van der Waals surface area contributed by atoms with E-state index in [1.54, 1.807) is 6.20 Å². The standard InChI is InChI=1S/C11H19N3/c1-11(5-3-2-4-6-11)14-9-10-12-7-8-13-10/h7-8,14H,2-6,9H2,1H3,(H,12,13). The molecule has 14 heavy (non-hydrogen) atoms. The van der Waals surface area contributed by atoms with Crippen molar-refractivity contribution >= 4 is 0 Å². The number of rotatable bonds is 3. The zero-order valence-corrected chi connectivity index (χ0v) is 8.84. The van der Waals surface area contributed by atoms with Crippen LogP contribution in [-0.2, 0) is 6.54 Å². The van der Waals surface area contributed by atoms with Gasteiger partial charge in [-0.1, -0.05) is 19.3 Å². The van der Waals surface area contributed by atoms with Gasteiger partial charge in [0.2, 0.25) is 0 Å². The first-order valence-corrected chi connectivity index (χ1v) is 5.52. The van der Waals surface area contributed by atoms with Gasteiger partial charge in [-0.2, -0.15) is 0 Å². The lowest BCUT2D eigenvalue weighted by atomic mass is 9.83. The van der Waals surface area contributed by atoms with Gasteiger partial charge >= 0.3 is 0 Å². The maximum atomic E-state index is 4.21. The Morgan fingerprint density at radius 1 is 1.43 bits per heavy atom. The molecule has 0 amide bonds. The van der Waals surface area contributed by atoms with E-state index in [9.17, 15) is 0 Å². The fourth-order valence-electron chi connectivity index (χ4n) is 2.20. The summed E-state index contributed by atoms with van der Waals surface area (Å²) in [5.41, 5.74) is 0.338. The van der Waals surface area contributed by atoms with Crippen molar-refractivity contribution in [1.82, 2.24) is 15.3 Å². The highest BCUT2D eigenvalue weighted by Crippen LogP contribution is 2.27. The molecule has 1 heterocycles. The van der Waals surface area contributed by atoms with Crippen molar-refractivity contribution in [2.75, 3.05) is 0 Å². The first kappa shape index (κ1) is 9.71. The van der Waals surface area contributed by atoms with Crippen molar-refractivity contribution in [2.45, 2.75) is 51.1 Å². The van der Waals surface area contributed by atoms with Gasteiger partial charge in [-0.3, -0.25) is 0 Å². The number of H-pyrrole nitrogens is 1. The molecule has 0 aliphatic heterocycles. The van der Waals surface area contributed by atoms with Crippen molar-refractivity contribution in [3.05, 3.63) is 18.2 Å². The van der Waals surface area contributed by atoms with E-state index in [4.69, 9.17) is 0 Å². The van der Waals surface area contributed by atoms with Gasteiger partial charge in [0.15, 0.2) is 0 Å². The third kappa shape index (κ3) is 2.35. The molecule has 3 nitrogen and oxygen atoms in total. The predicted molar refractivity (Wildman–Crippen MR) is 56.9 cm³/mol. The van der Waals surface area contributed by atoms with Crippen LogP contribution in [0.4, 0.5) is 0 Å². The first-order chi connectivity index (χ1) is 6.79. The Morgan fingerprint density at radius 3 is 2.86 bits per heavy atom. The van der Waals surface area contributed by atoms with Gasteiger partial charge in [-0.25, -0.2) is 4.98 Å². The van der Waals surface area contributed by atoms with Crippen molar-refractivity contribution in [1.29, 1.82) is 0 Å². The smallest absolute Gasteiger partial charge is 0.120 e. The summed E-state index contributed by atoms with van der Waals surface area (Å²) < 4.78 is 0. The Kier molecular flexibility index (Phi) is 2.87. The van der Waals surface area contributed by atoms with E-state index in [1.807, 2.05) is 6.20 Å². The molecule has 0 radical (unpaired) electrons. The van der Waals surface area contributed by atoms with Crippen LogP contribution in [0, 0.1) is 0 Å². The first-order valence-electron chi connectivity index (χ1n) is 5.52. The van der Waals surface area contributed by atoms with E-state index in [-0.39, 0.29) is 0 Å². The molecule has 3 heteroatoms. The number of aromatic nitrogens is 2. The van der Waals surface area contributed by atoms with Gasteiger partial charge in [0.25, 0.3) is 0 Å². The van der Waals surface area contributed by atoms with E-state index >= 15 is 0 Å². The van der Waals surface area contributed by atoms with Crippen LogP contribution >= 0.6 is 0 Å². The molecule has 1 aromatic rings. The number of nitrogens with one attached hydrogen (secondary N) is 2. The van der Waals surface area contributed by atoms with Crippen LogP contribution in [-0.4, -0.2) is 15.5 Å². The van der Waals surface area contributed by atoms with Crippen molar-refractivity contribution in [2.24, 2.45) is 0 Å². The Bertz CT molecular complexity index is 260. The molecule has 78 valence electrons. The molecular formula is C11H19N3. The van der Waals surface area contributed by atoms with Crippen LogP contribution < -0.4 is 5.32 Å². The van der Waals surface area contributed by atoms with E-state index in [2.05, 4.69) is 22.2 Å². The van der Waals surface area contributed by atoms with E-state index in [0.717, 1.165) is 12.4 Å². The fraction of sp³-hybridized carbons (Fsp3) is 0.727. The SMILES string of the molecule is CC1(NCc2ncc[nH]2)CCCCC1. The molecule has 1 aliphatic rings. The highest BCUT2D eigenvalue weighted by atomic mass is 15.0. The van der Waals surface area contributed by atoms with E-state index < -0.39 is 0 Å². The predicted octanol–water partition coefficient (Wildman–Crippen LogP) is 2.22. The quantitative estimate of drug-likeness (QED) is 0.772. The normalized spacial score (nSPS) is 20.9. The summed E-state index contributed by atoms with van der Waals surface area (Å²) in [5.74, 6) is 1.04. The second-order valence-electron chi connectivity index (χ2n) is 4.51. The number of imidazole rings is 1. The number of hydrogen-bond donors (Lipinski definition) is 2. The van der Waals surface area contributed by atoms with Crippen LogP contribution in [0.15, 0.2) is 12.4 Å². The second-order valence-corrected chi connectivity index (χ2v) is 4.51. The summed E-state index contributed by atoms with van der Waals surface area (Å²) in [5, 5.41) is 3.61. The molecule has 0 unspecified atom stereocenters. The number of nitrogens with zero attached hydrogens (tertiary/aromatic N) is 1. The highest BCUT2D eigenvalue weighted by molar-refractivity contribution is 4.91.